The van der Waals surface area contributed by atoms with Crippen LogP contribution in [0.2, 0.25) is 5.02 Å². The van der Waals surface area contributed by atoms with E-state index in [9.17, 15) is 0 Å². The Morgan fingerprint density at radius 3 is 2.93 bits per heavy atom. The summed E-state index contributed by atoms with van der Waals surface area (Å²) in [5.74, 6) is 1.63. The van der Waals surface area contributed by atoms with Gasteiger partial charge in [0, 0.05) is 18.8 Å². The zero-order valence-electron chi connectivity index (χ0n) is 9.03. The Morgan fingerprint density at radius 1 is 1.53 bits per heavy atom. The average molecular weight is 246 g/mol. The molecule has 3 nitrogen and oxygen atoms in total. The molecule has 1 rings (SSSR count). The number of hydrogen-bond donors (Lipinski definition) is 1. The fraction of sp³-hybridized carbons (Fsp3) is 0.500. The van der Waals surface area contributed by atoms with E-state index in [0.29, 0.717) is 10.8 Å². The number of nitrogens with two attached hydrogens (primary N) is 1. The van der Waals surface area contributed by atoms with Crippen LogP contribution in [-0.2, 0) is 6.54 Å². The molecule has 1 heterocycles. The van der Waals surface area contributed by atoms with Crippen molar-refractivity contribution in [1.82, 2.24) is 9.88 Å². The third kappa shape index (κ3) is 4.28. The number of rotatable bonds is 5. The van der Waals surface area contributed by atoms with Gasteiger partial charge in [-0.05, 0) is 25.4 Å². The van der Waals surface area contributed by atoms with Crippen LogP contribution in [0.25, 0.3) is 0 Å². The first-order chi connectivity index (χ1) is 7.13. The van der Waals surface area contributed by atoms with Gasteiger partial charge in [0.05, 0.1) is 10.7 Å². The van der Waals surface area contributed by atoms with Crippen LogP contribution in [0.1, 0.15) is 5.69 Å². The van der Waals surface area contributed by atoms with Crippen LogP contribution >= 0.6 is 23.4 Å². The summed E-state index contributed by atoms with van der Waals surface area (Å²) in [6.45, 7) is 1.76. The van der Waals surface area contributed by atoms with Crippen molar-refractivity contribution in [3.63, 3.8) is 0 Å². The van der Waals surface area contributed by atoms with Gasteiger partial charge in [-0.2, -0.15) is 11.8 Å². The molecule has 2 N–H and O–H groups in total. The smallest absolute Gasteiger partial charge is 0.123 e. The minimum atomic E-state index is 0.521. The highest BCUT2D eigenvalue weighted by Gasteiger charge is 2.06. The van der Waals surface area contributed by atoms with Gasteiger partial charge < -0.3 is 5.73 Å². The Hall–Kier alpha value is -0.450. The fourth-order valence-electron chi connectivity index (χ4n) is 1.19. The molecule has 0 aliphatic carbocycles. The maximum Gasteiger partial charge on any atom is 0.123 e. The van der Waals surface area contributed by atoms with Crippen LogP contribution in [0.15, 0.2) is 12.1 Å². The molecule has 5 heteroatoms. The highest BCUT2D eigenvalue weighted by molar-refractivity contribution is 7.98. The molecule has 0 saturated heterocycles. The van der Waals surface area contributed by atoms with Gasteiger partial charge in [0.15, 0.2) is 0 Å². The van der Waals surface area contributed by atoms with Gasteiger partial charge in [-0.25, -0.2) is 4.98 Å². The maximum absolute atomic E-state index is 6.02. The first kappa shape index (κ1) is 12.6. The van der Waals surface area contributed by atoms with E-state index in [1.807, 2.05) is 11.8 Å². The van der Waals surface area contributed by atoms with Gasteiger partial charge in [0.25, 0.3) is 0 Å². The van der Waals surface area contributed by atoms with Crippen molar-refractivity contribution in [2.45, 2.75) is 6.54 Å². The standard InChI is InChI=1S/C10H16ClN3S/c1-14(5-6-15-2)7-9-8(11)3-4-10(12)13-9/h3-4H,5-7H2,1-2H3,(H2,12,13). The predicted molar refractivity (Wildman–Crippen MR) is 68.4 cm³/mol. The van der Waals surface area contributed by atoms with Crippen molar-refractivity contribution in [2.24, 2.45) is 0 Å². The van der Waals surface area contributed by atoms with Crippen molar-refractivity contribution < 1.29 is 0 Å². The number of halogens is 1. The molecule has 0 saturated carbocycles. The summed E-state index contributed by atoms with van der Waals surface area (Å²) in [4.78, 5) is 6.40. The molecular formula is C10H16ClN3S. The molecule has 0 aliphatic rings. The quantitative estimate of drug-likeness (QED) is 0.863. The molecule has 0 radical (unpaired) electrons. The number of aromatic nitrogens is 1. The van der Waals surface area contributed by atoms with Crippen molar-refractivity contribution >= 4 is 29.2 Å². The molecular weight excluding hydrogens is 230 g/mol. The molecule has 1 aromatic heterocycles. The summed E-state index contributed by atoms with van der Waals surface area (Å²) in [6, 6.07) is 3.51. The highest BCUT2D eigenvalue weighted by atomic mass is 35.5. The zero-order valence-corrected chi connectivity index (χ0v) is 10.6. The molecule has 0 spiro atoms. The number of nitrogen functional groups attached to an aromatic ring is 1. The molecule has 84 valence electrons. The molecule has 15 heavy (non-hydrogen) atoms. The SMILES string of the molecule is CSCCN(C)Cc1nc(N)ccc1Cl. The Labute approximate surface area is 100 Å². The van der Waals surface area contributed by atoms with Crippen molar-refractivity contribution in [1.29, 1.82) is 0 Å². The third-order valence-corrected chi connectivity index (χ3v) is 2.97. The Balaban J connectivity index is 2.59. The van der Waals surface area contributed by atoms with E-state index >= 15 is 0 Å². The lowest BCUT2D eigenvalue weighted by Crippen LogP contribution is -2.21. The lowest BCUT2D eigenvalue weighted by molar-refractivity contribution is 0.344. The first-order valence-corrected chi connectivity index (χ1v) is 6.49. The second kappa shape index (κ2) is 6.20. The molecule has 0 aliphatic heterocycles. The monoisotopic (exact) mass is 245 g/mol. The van der Waals surface area contributed by atoms with E-state index in [0.717, 1.165) is 24.5 Å². The van der Waals surface area contributed by atoms with Gasteiger partial charge >= 0.3 is 0 Å². The minimum absolute atomic E-state index is 0.521. The average Bonchev–Trinajstić information content (AvgIpc) is 2.20. The maximum atomic E-state index is 6.02. The van der Waals surface area contributed by atoms with Crippen molar-refractivity contribution in [3.05, 3.63) is 22.8 Å². The number of thioether (sulfide) groups is 1. The van der Waals surface area contributed by atoms with Gasteiger partial charge in [-0.15, -0.1) is 0 Å². The highest BCUT2D eigenvalue weighted by Crippen LogP contribution is 2.16. The van der Waals surface area contributed by atoms with E-state index in [1.165, 1.54) is 0 Å². The first-order valence-electron chi connectivity index (χ1n) is 4.72. The third-order valence-electron chi connectivity index (χ3n) is 2.04. The van der Waals surface area contributed by atoms with Crippen LogP contribution in [0.5, 0.6) is 0 Å². The largest absolute Gasteiger partial charge is 0.384 e. The molecule has 0 aromatic carbocycles. The lowest BCUT2D eigenvalue weighted by Gasteiger charge is -2.16. The summed E-state index contributed by atoms with van der Waals surface area (Å²) in [7, 11) is 2.05. The van der Waals surface area contributed by atoms with Gasteiger partial charge in [-0.1, -0.05) is 11.6 Å². The van der Waals surface area contributed by atoms with Crippen LogP contribution in [0.3, 0.4) is 0 Å². The minimum Gasteiger partial charge on any atom is -0.384 e. The molecule has 0 unspecified atom stereocenters. The molecule has 0 amide bonds. The van der Waals surface area contributed by atoms with Gasteiger partial charge in [-0.3, -0.25) is 4.90 Å². The summed E-state index contributed by atoms with van der Waals surface area (Å²) in [5, 5.41) is 0.681. The Morgan fingerprint density at radius 2 is 2.27 bits per heavy atom. The van der Waals surface area contributed by atoms with Gasteiger partial charge in [0.1, 0.15) is 5.82 Å². The van der Waals surface area contributed by atoms with Crippen LogP contribution in [-0.4, -0.2) is 35.5 Å². The Bertz CT molecular complexity index is 320. The van der Waals surface area contributed by atoms with Crippen molar-refractivity contribution in [3.8, 4) is 0 Å². The van der Waals surface area contributed by atoms with Crippen LogP contribution < -0.4 is 5.73 Å². The second-order valence-electron chi connectivity index (χ2n) is 3.40. The summed E-state index contributed by atoms with van der Waals surface area (Å²) in [5.41, 5.74) is 6.46. The van der Waals surface area contributed by atoms with E-state index in [1.54, 1.807) is 12.1 Å². The van der Waals surface area contributed by atoms with E-state index < -0.39 is 0 Å². The van der Waals surface area contributed by atoms with Crippen molar-refractivity contribution in [2.75, 3.05) is 31.3 Å². The lowest BCUT2D eigenvalue weighted by atomic mass is 10.3. The summed E-state index contributed by atoms with van der Waals surface area (Å²) in [6.07, 6.45) is 2.10. The van der Waals surface area contributed by atoms with Crippen LogP contribution in [0.4, 0.5) is 5.82 Å². The Kier molecular flexibility index (Phi) is 5.22. The molecule has 1 aromatic rings. The number of nitrogens with zero attached hydrogens (tertiary/aromatic N) is 2. The van der Waals surface area contributed by atoms with E-state index in [2.05, 4.69) is 23.2 Å². The second-order valence-corrected chi connectivity index (χ2v) is 4.79. The number of hydrogen-bond acceptors (Lipinski definition) is 4. The normalized spacial score (nSPS) is 10.9. The molecule has 0 fully saturated rings. The topological polar surface area (TPSA) is 42.2 Å². The van der Waals surface area contributed by atoms with E-state index in [-0.39, 0.29) is 0 Å². The fourth-order valence-corrected chi connectivity index (χ4v) is 1.85. The number of anilines is 1. The van der Waals surface area contributed by atoms with E-state index in [4.69, 9.17) is 17.3 Å². The van der Waals surface area contributed by atoms with Gasteiger partial charge in [0.2, 0.25) is 0 Å². The predicted octanol–water partition coefficient (Wildman–Crippen LogP) is 2.11. The van der Waals surface area contributed by atoms with Crippen LogP contribution in [0, 0.1) is 0 Å². The summed E-state index contributed by atoms with van der Waals surface area (Å²) >= 11 is 7.85. The molecule has 0 atom stereocenters. The summed E-state index contributed by atoms with van der Waals surface area (Å²) < 4.78 is 0. The number of pyridine rings is 1. The zero-order chi connectivity index (χ0) is 11.3. The molecule has 0 bridgehead atoms.